The molecule has 0 aromatic heterocycles. The highest BCUT2D eigenvalue weighted by atomic mass is 35.5. The van der Waals surface area contributed by atoms with Gasteiger partial charge in [-0.1, -0.05) is 23.2 Å². The smallest absolute Gasteiger partial charge is 0.253 e. The number of carbonyl (C=O) groups is 1. The quantitative estimate of drug-likeness (QED) is 0.757. The van der Waals surface area contributed by atoms with Crippen LogP contribution in [-0.2, 0) is 4.74 Å². The van der Waals surface area contributed by atoms with Crippen LogP contribution >= 0.6 is 23.2 Å². The number of hydrogen-bond donors (Lipinski definition) is 3. The zero-order valence-corrected chi connectivity index (χ0v) is 11.4. The molecule has 0 spiro atoms. The number of benzene rings is 1. The molecular weight excluding hydrogens is 293 g/mol. The fraction of sp³-hybridized carbons (Fsp3) is 0.417. The Labute approximate surface area is 120 Å². The van der Waals surface area contributed by atoms with Crippen LogP contribution in [0.4, 0.5) is 0 Å². The lowest BCUT2D eigenvalue weighted by molar-refractivity contribution is -0.102. The second-order valence-corrected chi connectivity index (χ2v) is 5.14. The fourth-order valence-electron chi connectivity index (χ4n) is 1.83. The lowest BCUT2D eigenvalue weighted by Gasteiger charge is -2.32. The van der Waals surface area contributed by atoms with Gasteiger partial charge in [0.15, 0.2) is 0 Å². The zero-order valence-electron chi connectivity index (χ0n) is 9.85. The van der Waals surface area contributed by atoms with Gasteiger partial charge in [0.25, 0.3) is 5.91 Å². The third-order valence-corrected chi connectivity index (χ3v) is 3.45. The summed E-state index contributed by atoms with van der Waals surface area (Å²) in [4.78, 5) is 12.0. The van der Waals surface area contributed by atoms with Gasteiger partial charge in [-0.05, 0) is 18.2 Å². The maximum absolute atomic E-state index is 12.0. The number of ether oxygens (including phenoxy) is 1. The molecule has 104 valence electrons. The molecule has 0 unspecified atom stereocenters. The lowest BCUT2D eigenvalue weighted by atomic mass is 10.0. The van der Waals surface area contributed by atoms with Gasteiger partial charge in [-0.3, -0.25) is 4.79 Å². The average molecular weight is 306 g/mol. The lowest BCUT2D eigenvalue weighted by Crippen LogP contribution is -2.55. The van der Waals surface area contributed by atoms with Crippen LogP contribution in [0.3, 0.4) is 0 Å². The molecule has 1 aliphatic heterocycles. The maximum atomic E-state index is 12.0. The molecule has 0 aliphatic carbocycles. The van der Waals surface area contributed by atoms with E-state index in [-0.39, 0.29) is 23.8 Å². The van der Waals surface area contributed by atoms with Gasteiger partial charge in [0.2, 0.25) is 0 Å². The van der Waals surface area contributed by atoms with Gasteiger partial charge in [0.1, 0.15) is 12.2 Å². The monoisotopic (exact) mass is 305 g/mol. The molecule has 1 aliphatic rings. The minimum absolute atomic E-state index is 0.0471. The molecule has 1 saturated heterocycles. The Morgan fingerprint density at radius 2 is 2.05 bits per heavy atom. The number of hydrogen-bond acceptors (Lipinski definition) is 4. The minimum atomic E-state index is -1.07. The number of nitrogens with one attached hydrogen (secondary N) is 1. The Morgan fingerprint density at radius 3 is 2.79 bits per heavy atom. The molecule has 1 aromatic carbocycles. The third-order valence-electron chi connectivity index (χ3n) is 2.88. The summed E-state index contributed by atoms with van der Waals surface area (Å²) in [6.07, 6.45) is -2.09. The number of aliphatic hydroxyl groups is 2. The van der Waals surface area contributed by atoms with Crippen molar-refractivity contribution < 1.29 is 19.7 Å². The van der Waals surface area contributed by atoms with Gasteiger partial charge in [-0.15, -0.1) is 0 Å². The standard InChI is InChI=1S/C12H13Cl2NO4/c13-6-1-2-8(14)7(3-6)12(18)15-9-4-19-5-10(16)11(9)17/h1-3,9-11,16-17H,4-5H2,(H,15,18)/t9-,10-,11+/m1/s1. The van der Waals surface area contributed by atoms with E-state index in [1.165, 1.54) is 12.1 Å². The Bertz CT molecular complexity index is 483. The van der Waals surface area contributed by atoms with Crippen LogP contribution in [0.1, 0.15) is 10.4 Å². The summed E-state index contributed by atoms with van der Waals surface area (Å²) in [5.74, 6) is -0.478. The van der Waals surface area contributed by atoms with Crippen molar-refractivity contribution in [1.29, 1.82) is 0 Å². The molecule has 3 atom stereocenters. The predicted octanol–water partition coefficient (Wildman–Crippen LogP) is 0.844. The third kappa shape index (κ3) is 3.38. The maximum Gasteiger partial charge on any atom is 0.253 e. The largest absolute Gasteiger partial charge is 0.388 e. The van der Waals surface area contributed by atoms with Crippen LogP contribution < -0.4 is 5.32 Å². The molecule has 3 N–H and O–H groups in total. The molecular formula is C12H13Cl2NO4. The van der Waals surface area contributed by atoms with Gasteiger partial charge < -0.3 is 20.3 Å². The molecule has 0 radical (unpaired) electrons. The predicted molar refractivity (Wildman–Crippen MR) is 70.5 cm³/mol. The van der Waals surface area contributed by atoms with Crippen molar-refractivity contribution in [3.63, 3.8) is 0 Å². The number of rotatable bonds is 2. The summed E-state index contributed by atoms with van der Waals surface area (Å²) in [7, 11) is 0. The van der Waals surface area contributed by atoms with E-state index in [1.54, 1.807) is 6.07 Å². The van der Waals surface area contributed by atoms with Crippen LogP contribution in [0.5, 0.6) is 0 Å². The van der Waals surface area contributed by atoms with Gasteiger partial charge in [0, 0.05) is 5.02 Å². The first-order valence-corrected chi connectivity index (χ1v) is 6.44. The van der Waals surface area contributed by atoms with E-state index in [2.05, 4.69) is 5.32 Å². The van der Waals surface area contributed by atoms with Gasteiger partial charge in [0.05, 0.1) is 29.8 Å². The first kappa shape index (κ1) is 14.6. The summed E-state index contributed by atoms with van der Waals surface area (Å²) < 4.78 is 5.07. The highest BCUT2D eigenvalue weighted by molar-refractivity contribution is 6.35. The van der Waals surface area contributed by atoms with Crippen molar-refractivity contribution in [2.45, 2.75) is 18.2 Å². The van der Waals surface area contributed by atoms with E-state index in [0.717, 1.165) is 0 Å². The number of amides is 1. The van der Waals surface area contributed by atoms with Crippen molar-refractivity contribution in [3.05, 3.63) is 33.8 Å². The Kier molecular flexibility index (Phi) is 4.65. The van der Waals surface area contributed by atoms with Crippen molar-refractivity contribution in [2.75, 3.05) is 13.2 Å². The van der Waals surface area contributed by atoms with E-state index in [1.807, 2.05) is 0 Å². The van der Waals surface area contributed by atoms with Crippen LogP contribution in [0, 0.1) is 0 Å². The molecule has 5 nitrogen and oxygen atoms in total. The van der Waals surface area contributed by atoms with E-state index >= 15 is 0 Å². The minimum Gasteiger partial charge on any atom is -0.388 e. The normalized spacial score (nSPS) is 27.1. The molecule has 2 rings (SSSR count). The van der Waals surface area contributed by atoms with Gasteiger partial charge in [-0.2, -0.15) is 0 Å². The zero-order chi connectivity index (χ0) is 14.0. The SMILES string of the molecule is O=C(N[C@@H]1COC[C@@H](O)[C@H]1O)c1cc(Cl)ccc1Cl. The molecule has 0 bridgehead atoms. The Morgan fingerprint density at radius 1 is 1.32 bits per heavy atom. The second-order valence-electron chi connectivity index (χ2n) is 4.30. The van der Waals surface area contributed by atoms with Gasteiger partial charge >= 0.3 is 0 Å². The summed E-state index contributed by atoms with van der Waals surface area (Å²) >= 11 is 11.7. The summed E-state index contributed by atoms with van der Waals surface area (Å²) in [5, 5.41) is 22.4. The molecule has 0 saturated carbocycles. The van der Waals surface area contributed by atoms with E-state index in [0.29, 0.717) is 5.02 Å². The second kappa shape index (κ2) is 6.07. The highest BCUT2D eigenvalue weighted by Gasteiger charge is 2.32. The van der Waals surface area contributed by atoms with E-state index in [4.69, 9.17) is 27.9 Å². The van der Waals surface area contributed by atoms with Gasteiger partial charge in [-0.25, -0.2) is 0 Å². The molecule has 1 fully saturated rings. The number of aliphatic hydroxyl groups excluding tert-OH is 2. The van der Waals surface area contributed by atoms with Crippen LogP contribution in [-0.4, -0.2) is 47.6 Å². The van der Waals surface area contributed by atoms with Crippen molar-refractivity contribution in [2.24, 2.45) is 0 Å². The first-order chi connectivity index (χ1) is 8.99. The van der Waals surface area contributed by atoms with Crippen molar-refractivity contribution >= 4 is 29.1 Å². The summed E-state index contributed by atoms with van der Waals surface area (Å²) in [5.41, 5.74) is 0.210. The Hall–Kier alpha value is -0.850. The number of carbonyl (C=O) groups excluding carboxylic acids is 1. The molecule has 19 heavy (non-hydrogen) atoms. The Balaban J connectivity index is 2.10. The van der Waals surface area contributed by atoms with Crippen molar-refractivity contribution in [3.8, 4) is 0 Å². The average Bonchev–Trinajstić information content (AvgIpc) is 2.38. The van der Waals surface area contributed by atoms with E-state index in [9.17, 15) is 15.0 Å². The molecule has 1 amide bonds. The van der Waals surface area contributed by atoms with E-state index < -0.39 is 24.2 Å². The molecule has 1 heterocycles. The first-order valence-electron chi connectivity index (χ1n) is 5.69. The van der Waals surface area contributed by atoms with Crippen LogP contribution in [0.15, 0.2) is 18.2 Å². The fourth-order valence-corrected chi connectivity index (χ4v) is 2.20. The highest BCUT2D eigenvalue weighted by Crippen LogP contribution is 2.21. The van der Waals surface area contributed by atoms with Crippen molar-refractivity contribution in [1.82, 2.24) is 5.32 Å². The summed E-state index contributed by atoms with van der Waals surface area (Å²) in [6.45, 7) is 0.174. The molecule has 7 heteroatoms. The van der Waals surface area contributed by atoms with Crippen LogP contribution in [0.25, 0.3) is 0 Å². The molecule has 1 aromatic rings. The topological polar surface area (TPSA) is 78.8 Å². The van der Waals surface area contributed by atoms with Crippen LogP contribution in [0.2, 0.25) is 10.0 Å². The number of halogens is 2. The summed E-state index contributed by atoms with van der Waals surface area (Å²) in [6, 6.07) is 3.84.